The summed E-state index contributed by atoms with van der Waals surface area (Å²) >= 11 is 6.01. The van der Waals surface area contributed by atoms with Crippen LogP contribution in [-0.2, 0) is 17.5 Å². The molecular formula is C18H20ClF3N4O. The number of hydrogen-bond acceptors (Lipinski definition) is 3. The van der Waals surface area contributed by atoms with Crippen molar-refractivity contribution in [3.8, 4) is 0 Å². The first-order chi connectivity index (χ1) is 12.7. The first kappa shape index (κ1) is 19.5. The lowest BCUT2D eigenvalue weighted by atomic mass is 10.2. The quantitative estimate of drug-likeness (QED) is 0.791. The molecule has 1 amide bonds. The molecule has 2 aromatic heterocycles. The number of aryl methyl sites for hydroxylation is 2. The molecule has 0 aliphatic carbocycles. The minimum Gasteiger partial charge on any atom is -0.352 e. The van der Waals surface area contributed by atoms with E-state index in [0.717, 1.165) is 23.7 Å². The third-order valence-electron chi connectivity index (χ3n) is 4.79. The van der Waals surface area contributed by atoms with Crippen molar-refractivity contribution >= 4 is 23.3 Å². The number of piperazine rings is 1. The summed E-state index contributed by atoms with van der Waals surface area (Å²) in [5, 5.41) is -0.0387. The maximum absolute atomic E-state index is 12.7. The second-order valence-electron chi connectivity index (χ2n) is 6.60. The monoisotopic (exact) mass is 400 g/mol. The SMILES string of the molecule is Cc1ccc(C)n1CC(=O)N1CCN(c2ncc(C(F)(F)F)cc2Cl)CC1. The van der Waals surface area contributed by atoms with E-state index >= 15 is 0 Å². The Balaban J connectivity index is 1.63. The Morgan fingerprint density at radius 3 is 2.26 bits per heavy atom. The van der Waals surface area contributed by atoms with Crippen LogP contribution in [0.5, 0.6) is 0 Å². The van der Waals surface area contributed by atoms with E-state index in [-0.39, 0.29) is 17.5 Å². The number of carbonyl (C=O) groups excluding carboxylic acids is 1. The molecule has 0 N–H and O–H groups in total. The van der Waals surface area contributed by atoms with Crippen LogP contribution in [0.4, 0.5) is 19.0 Å². The molecular weight excluding hydrogens is 381 g/mol. The minimum atomic E-state index is -4.48. The van der Waals surface area contributed by atoms with Crippen LogP contribution in [0.2, 0.25) is 5.02 Å². The van der Waals surface area contributed by atoms with E-state index in [9.17, 15) is 18.0 Å². The zero-order valence-corrected chi connectivity index (χ0v) is 15.8. The second kappa shape index (κ2) is 7.42. The first-order valence-corrected chi connectivity index (χ1v) is 8.93. The van der Waals surface area contributed by atoms with Gasteiger partial charge in [-0.1, -0.05) is 11.6 Å². The highest BCUT2D eigenvalue weighted by molar-refractivity contribution is 6.33. The molecule has 0 saturated carbocycles. The fourth-order valence-corrected chi connectivity index (χ4v) is 3.46. The molecule has 27 heavy (non-hydrogen) atoms. The fourth-order valence-electron chi connectivity index (χ4n) is 3.17. The van der Waals surface area contributed by atoms with Crippen molar-refractivity contribution in [3.63, 3.8) is 0 Å². The lowest BCUT2D eigenvalue weighted by molar-refractivity contribution is -0.138. The predicted octanol–water partition coefficient (Wildman–Crippen LogP) is 3.52. The number of alkyl halides is 3. The largest absolute Gasteiger partial charge is 0.417 e. The summed E-state index contributed by atoms with van der Waals surface area (Å²) in [5.74, 6) is 0.331. The standard InChI is InChI=1S/C18H20ClF3N4O/c1-12-3-4-13(2)26(12)11-16(27)24-5-7-25(8-6-24)17-15(19)9-14(10-23-17)18(20,21)22/h3-4,9-10H,5-8,11H2,1-2H3. The Hall–Kier alpha value is -2.22. The molecule has 0 radical (unpaired) electrons. The van der Waals surface area contributed by atoms with Gasteiger partial charge in [-0.15, -0.1) is 0 Å². The van der Waals surface area contributed by atoms with E-state index < -0.39 is 11.7 Å². The van der Waals surface area contributed by atoms with Crippen molar-refractivity contribution < 1.29 is 18.0 Å². The molecule has 1 aliphatic rings. The summed E-state index contributed by atoms with van der Waals surface area (Å²) in [6, 6.07) is 4.83. The molecule has 1 saturated heterocycles. The Morgan fingerprint density at radius 2 is 1.74 bits per heavy atom. The third-order valence-corrected chi connectivity index (χ3v) is 5.07. The Labute approximate surface area is 160 Å². The van der Waals surface area contributed by atoms with Crippen LogP contribution in [0.15, 0.2) is 24.4 Å². The Morgan fingerprint density at radius 1 is 1.15 bits per heavy atom. The predicted molar refractivity (Wildman–Crippen MR) is 96.9 cm³/mol. The molecule has 0 bridgehead atoms. The summed E-state index contributed by atoms with van der Waals surface area (Å²) < 4.78 is 40.2. The van der Waals surface area contributed by atoms with E-state index in [1.54, 1.807) is 9.80 Å². The van der Waals surface area contributed by atoms with Crippen LogP contribution in [0.3, 0.4) is 0 Å². The summed E-state index contributed by atoms with van der Waals surface area (Å²) in [6.45, 7) is 6.06. The molecule has 0 unspecified atom stereocenters. The normalized spacial score (nSPS) is 15.3. The van der Waals surface area contributed by atoms with Gasteiger partial charge in [0.05, 0.1) is 10.6 Å². The number of hydrogen-bond donors (Lipinski definition) is 0. The molecule has 3 rings (SSSR count). The van der Waals surface area contributed by atoms with Gasteiger partial charge in [0.25, 0.3) is 0 Å². The van der Waals surface area contributed by atoms with E-state index in [0.29, 0.717) is 32.0 Å². The molecule has 146 valence electrons. The number of anilines is 1. The highest BCUT2D eigenvalue weighted by atomic mass is 35.5. The van der Waals surface area contributed by atoms with Gasteiger partial charge in [0, 0.05) is 43.8 Å². The zero-order chi connectivity index (χ0) is 19.8. The molecule has 0 spiro atoms. The van der Waals surface area contributed by atoms with Gasteiger partial charge in [0.15, 0.2) is 0 Å². The molecule has 0 aromatic carbocycles. The van der Waals surface area contributed by atoms with Gasteiger partial charge in [-0.25, -0.2) is 4.98 Å². The first-order valence-electron chi connectivity index (χ1n) is 8.55. The van der Waals surface area contributed by atoms with E-state index in [4.69, 9.17) is 11.6 Å². The Bertz CT molecular complexity index is 822. The number of nitrogens with zero attached hydrogens (tertiary/aromatic N) is 4. The van der Waals surface area contributed by atoms with Crippen molar-refractivity contribution in [3.05, 3.63) is 46.4 Å². The highest BCUT2D eigenvalue weighted by Gasteiger charge is 2.32. The van der Waals surface area contributed by atoms with Gasteiger partial charge in [-0.05, 0) is 32.0 Å². The molecule has 1 aliphatic heterocycles. The van der Waals surface area contributed by atoms with Crippen LogP contribution in [0.25, 0.3) is 0 Å². The second-order valence-corrected chi connectivity index (χ2v) is 7.00. The maximum Gasteiger partial charge on any atom is 0.417 e. The fraction of sp³-hybridized carbons (Fsp3) is 0.444. The molecule has 5 nitrogen and oxygen atoms in total. The summed E-state index contributed by atoms with van der Waals surface area (Å²) in [5.41, 5.74) is 1.18. The van der Waals surface area contributed by atoms with Gasteiger partial charge in [0.1, 0.15) is 12.4 Å². The minimum absolute atomic E-state index is 0.0172. The molecule has 1 fully saturated rings. The lowest BCUT2D eigenvalue weighted by Crippen LogP contribution is -2.50. The summed E-state index contributed by atoms with van der Waals surface area (Å²) in [4.78, 5) is 20.0. The Kier molecular flexibility index (Phi) is 5.37. The zero-order valence-electron chi connectivity index (χ0n) is 15.1. The molecule has 2 aromatic rings. The van der Waals surface area contributed by atoms with Gasteiger partial charge in [-0.3, -0.25) is 4.79 Å². The van der Waals surface area contributed by atoms with E-state index in [1.807, 2.05) is 30.5 Å². The van der Waals surface area contributed by atoms with Crippen molar-refractivity contribution in [2.45, 2.75) is 26.6 Å². The maximum atomic E-state index is 12.7. The third kappa shape index (κ3) is 4.21. The average molecular weight is 401 g/mol. The van der Waals surface area contributed by atoms with Crippen LogP contribution in [-0.4, -0.2) is 46.5 Å². The number of pyridine rings is 1. The number of rotatable bonds is 3. The molecule has 9 heteroatoms. The summed E-state index contributed by atoms with van der Waals surface area (Å²) in [6.07, 6.45) is -3.69. The van der Waals surface area contributed by atoms with Crippen LogP contribution in [0, 0.1) is 13.8 Å². The van der Waals surface area contributed by atoms with Gasteiger partial charge in [-0.2, -0.15) is 13.2 Å². The van der Waals surface area contributed by atoms with Crippen molar-refractivity contribution in [2.75, 3.05) is 31.1 Å². The number of carbonyl (C=O) groups is 1. The van der Waals surface area contributed by atoms with Crippen molar-refractivity contribution in [1.82, 2.24) is 14.5 Å². The van der Waals surface area contributed by atoms with Gasteiger partial charge in [0.2, 0.25) is 5.91 Å². The number of aromatic nitrogens is 2. The van der Waals surface area contributed by atoms with Crippen LogP contribution < -0.4 is 4.90 Å². The van der Waals surface area contributed by atoms with Gasteiger partial charge < -0.3 is 14.4 Å². The van der Waals surface area contributed by atoms with E-state index in [1.165, 1.54) is 0 Å². The number of amides is 1. The average Bonchev–Trinajstić information content (AvgIpc) is 2.93. The van der Waals surface area contributed by atoms with Crippen molar-refractivity contribution in [1.29, 1.82) is 0 Å². The smallest absolute Gasteiger partial charge is 0.352 e. The number of halogens is 4. The van der Waals surface area contributed by atoms with Crippen molar-refractivity contribution in [2.24, 2.45) is 0 Å². The van der Waals surface area contributed by atoms with Crippen LogP contribution in [0.1, 0.15) is 17.0 Å². The molecule has 0 atom stereocenters. The van der Waals surface area contributed by atoms with Gasteiger partial charge >= 0.3 is 6.18 Å². The highest BCUT2D eigenvalue weighted by Crippen LogP contribution is 2.33. The molecule has 3 heterocycles. The topological polar surface area (TPSA) is 41.4 Å². The summed E-state index contributed by atoms with van der Waals surface area (Å²) in [7, 11) is 0. The van der Waals surface area contributed by atoms with E-state index in [2.05, 4.69) is 4.98 Å². The van der Waals surface area contributed by atoms with Crippen LogP contribution >= 0.6 is 11.6 Å². The lowest BCUT2D eigenvalue weighted by Gasteiger charge is -2.36.